The maximum Gasteiger partial charge on any atom is 0.252 e. The molecule has 47 heavy (non-hydrogen) atoms. The molecule has 5 atom stereocenters. The Kier molecular flexibility index (Phi) is 9.64. The molecule has 6 fully saturated rings. The van der Waals surface area contributed by atoms with Crippen molar-refractivity contribution >= 4 is 29.3 Å². The fraction of sp³-hybridized carbons (Fsp3) is 0.757. The number of piperazine rings is 1. The predicted octanol–water partition coefficient (Wildman–Crippen LogP) is 4.24. The number of likely N-dealkylation sites (N-methyl/N-ethyl adjacent to an activating group) is 1. The van der Waals surface area contributed by atoms with Gasteiger partial charge in [-0.3, -0.25) is 19.3 Å². The minimum atomic E-state index is -0.559. The molecule has 2 aliphatic carbocycles. The molecule has 9 nitrogen and oxygen atoms in total. The first-order valence-electron chi connectivity index (χ1n) is 18.3. The summed E-state index contributed by atoms with van der Waals surface area (Å²) in [4.78, 5) is 54.4. The van der Waals surface area contributed by atoms with Crippen LogP contribution in [-0.4, -0.2) is 132 Å². The smallest absolute Gasteiger partial charge is 0.252 e. The highest BCUT2D eigenvalue weighted by Gasteiger charge is 2.52. The molecule has 1 aromatic rings. The Morgan fingerprint density at radius 2 is 1.57 bits per heavy atom. The Labute approximate surface area is 285 Å². The van der Waals surface area contributed by atoms with Crippen molar-refractivity contribution < 1.29 is 19.1 Å². The van der Waals surface area contributed by atoms with Crippen molar-refractivity contribution in [1.82, 2.24) is 24.5 Å². The molecule has 3 amide bonds. The van der Waals surface area contributed by atoms with Crippen molar-refractivity contribution in [3.63, 3.8) is 0 Å². The van der Waals surface area contributed by atoms with Gasteiger partial charge in [-0.05, 0) is 87.9 Å². The number of carbonyl (C=O) groups excluding carboxylic acids is 3. The summed E-state index contributed by atoms with van der Waals surface area (Å²) < 4.78 is 5.97. The summed E-state index contributed by atoms with van der Waals surface area (Å²) in [7, 11) is 2.09. The lowest BCUT2D eigenvalue weighted by atomic mass is 9.75. The van der Waals surface area contributed by atoms with Crippen molar-refractivity contribution in [3.05, 3.63) is 34.9 Å². The van der Waals surface area contributed by atoms with Crippen molar-refractivity contribution in [2.75, 3.05) is 59.5 Å². The number of benzene rings is 1. The van der Waals surface area contributed by atoms with Gasteiger partial charge in [0, 0.05) is 75.4 Å². The number of likely N-dealkylation sites (tertiary alicyclic amines) is 2. The second-order valence-corrected chi connectivity index (χ2v) is 16.6. The van der Waals surface area contributed by atoms with Gasteiger partial charge in [0.1, 0.15) is 12.1 Å². The van der Waals surface area contributed by atoms with Crippen LogP contribution in [0.4, 0.5) is 0 Å². The Hall–Kier alpha value is -2.20. The van der Waals surface area contributed by atoms with E-state index in [-0.39, 0.29) is 47.1 Å². The van der Waals surface area contributed by atoms with E-state index in [1.807, 2.05) is 21.9 Å². The zero-order chi connectivity index (χ0) is 32.9. The first kappa shape index (κ1) is 33.3. The maximum atomic E-state index is 15.0. The molecule has 4 aliphatic heterocycles. The van der Waals surface area contributed by atoms with Crippen molar-refractivity contribution in [1.29, 1.82) is 0 Å². The number of hydrogen-bond acceptors (Lipinski definition) is 6. The van der Waals surface area contributed by atoms with Gasteiger partial charge < -0.3 is 24.3 Å². The average molecular weight is 668 g/mol. The number of carbonyl (C=O) groups is 3. The largest absolute Gasteiger partial charge is 0.368 e. The van der Waals surface area contributed by atoms with Crippen LogP contribution in [0.3, 0.4) is 0 Å². The van der Waals surface area contributed by atoms with Crippen molar-refractivity contribution in [2.45, 2.75) is 108 Å². The topological polar surface area (TPSA) is 76.6 Å². The minimum absolute atomic E-state index is 0.0448. The number of ether oxygens (including phenoxy) is 1. The fourth-order valence-corrected chi connectivity index (χ4v) is 9.20. The van der Waals surface area contributed by atoms with E-state index in [0.29, 0.717) is 50.3 Å². The molecule has 4 saturated heterocycles. The number of hydrogen-bond donors (Lipinski definition) is 0. The number of nitrogens with zero attached hydrogens (tertiary/aromatic N) is 5. The summed E-state index contributed by atoms with van der Waals surface area (Å²) in [6.45, 7) is 10.2. The average Bonchev–Trinajstić information content (AvgIpc) is 3.42. The Bertz CT molecular complexity index is 1300. The summed E-state index contributed by atoms with van der Waals surface area (Å²) in [5.41, 5.74) is 1.40. The van der Waals surface area contributed by atoms with Crippen LogP contribution in [0.15, 0.2) is 24.3 Å². The highest BCUT2D eigenvalue weighted by atomic mass is 35.5. The third-order valence-corrected chi connectivity index (χ3v) is 12.5. The molecule has 0 spiro atoms. The van der Waals surface area contributed by atoms with Crippen LogP contribution < -0.4 is 0 Å². The molecule has 1 aromatic carbocycles. The second-order valence-electron chi connectivity index (χ2n) is 16.1. The van der Waals surface area contributed by atoms with Gasteiger partial charge in [0.05, 0.1) is 12.0 Å². The molecule has 0 bridgehead atoms. The van der Waals surface area contributed by atoms with Gasteiger partial charge in [-0.1, -0.05) is 37.6 Å². The monoisotopic (exact) mass is 667 g/mol. The molecule has 1 unspecified atom stereocenters. The lowest BCUT2D eigenvalue weighted by Crippen LogP contribution is -2.54. The van der Waals surface area contributed by atoms with Gasteiger partial charge in [0.15, 0.2) is 0 Å². The summed E-state index contributed by atoms with van der Waals surface area (Å²) in [6, 6.07) is 7.87. The van der Waals surface area contributed by atoms with Crippen LogP contribution >= 0.6 is 11.6 Å². The van der Waals surface area contributed by atoms with Crippen LogP contribution in [0, 0.1) is 11.3 Å². The molecular formula is C37H54ClN5O4. The maximum absolute atomic E-state index is 15.0. The van der Waals surface area contributed by atoms with Crippen LogP contribution in [0.25, 0.3) is 0 Å². The van der Waals surface area contributed by atoms with Gasteiger partial charge in [-0.2, -0.15) is 0 Å². The summed E-state index contributed by atoms with van der Waals surface area (Å²) in [6.07, 6.45) is 8.11. The highest BCUT2D eigenvalue weighted by molar-refractivity contribution is 6.30. The third-order valence-electron chi connectivity index (χ3n) is 12.2. The van der Waals surface area contributed by atoms with Crippen LogP contribution in [0.1, 0.15) is 83.1 Å². The minimum Gasteiger partial charge on any atom is -0.368 e. The van der Waals surface area contributed by atoms with Crippen LogP contribution in [0.2, 0.25) is 5.02 Å². The Morgan fingerprint density at radius 1 is 0.872 bits per heavy atom. The fourth-order valence-electron chi connectivity index (χ4n) is 9.07. The molecule has 0 aromatic heterocycles. The van der Waals surface area contributed by atoms with Gasteiger partial charge >= 0.3 is 0 Å². The molecule has 0 N–H and O–H groups in total. The lowest BCUT2D eigenvalue weighted by molar-refractivity contribution is -0.148. The van der Waals surface area contributed by atoms with Crippen LogP contribution in [0.5, 0.6) is 0 Å². The molecule has 6 aliphatic rings. The SMILES string of the molecule is CN1CCN(C(=O)[C@@H]2C[C@H](N(C(=O)C3CCCO3)C3CCC(C)(C)CC3)CN2C(=O)[C@@H]2CN(C3CC3)C[C@H]2c2ccc(Cl)cc2)CC1. The Balaban J connectivity index is 1.19. The van der Waals surface area contributed by atoms with Gasteiger partial charge in [0.2, 0.25) is 11.8 Å². The molecule has 7 rings (SSSR count). The van der Waals surface area contributed by atoms with E-state index >= 15 is 0 Å². The number of rotatable bonds is 7. The molecule has 0 radical (unpaired) electrons. The molecule has 10 heteroatoms. The van der Waals surface area contributed by atoms with E-state index in [9.17, 15) is 14.4 Å². The normalized spacial score (nSPS) is 32.2. The second kappa shape index (κ2) is 13.6. The van der Waals surface area contributed by atoms with Crippen LogP contribution in [-0.2, 0) is 19.1 Å². The van der Waals surface area contributed by atoms with Crippen molar-refractivity contribution in [2.24, 2.45) is 11.3 Å². The zero-order valence-electron chi connectivity index (χ0n) is 28.6. The first-order chi connectivity index (χ1) is 22.6. The first-order valence-corrected chi connectivity index (χ1v) is 18.7. The van der Waals surface area contributed by atoms with E-state index in [2.05, 4.69) is 47.7 Å². The summed E-state index contributed by atoms with van der Waals surface area (Å²) >= 11 is 6.27. The van der Waals surface area contributed by atoms with Crippen molar-refractivity contribution in [3.8, 4) is 0 Å². The molecule has 4 heterocycles. The molecular weight excluding hydrogens is 614 g/mol. The quantitative estimate of drug-likeness (QED) is 0.433. The van der Waals surface area contributed by atoms with E-state index in [0.717, 1.165) is 63.7 Å². The standard InChI is InChI=1S/C37H54ClN5O4/c1-37(2)14-12-28(13-15-37)43(36(46)33-5-4-20-47-33)29-21-32(35(45)40-18-16-39(3)17-19-40)42(22-29)34(44)31-24-41(27-10-11-27)23-30(31)25-6-8-26(38)9-7-25/h6-9,27-33H,4-5,10-24H2,1-3H3/t29-,30-,31+,32-,33?/m0/s1. The Morgan fingerprint density at radius 3 is 2.21 bits per heavy atom. The van der Waals surface area contributed by atoms with Gasteiger partial charge in [-0.15, -0.1) is 0 Å². The van der Waals surface area contributed by atoms with E-state index < -0.39 is 12.1 Å². The van der Waals surface area contributed by atoms with E-state index in [4.69, 9.17) is 16.3 Å². The number of halogens is 1. The third kappa shape index (κ3) is 7.10. The van der Waals surface area contributed by atoms with E-state index in [1.165, 1.54) is 12.8 Å². The zero-order valence-corrected chi connectivity index (χ0v) is 29.4. The van der Waals surface area contributed by atoms with E-state index in [1.54, 1.807) is 0 Å². The van der Waals surface area contributed by atoms with Gasteiger partial charge in [0.25, 0.3) is 5.91 Å². The molecule has 258 valence electrons. The van der Waals surface area contributed by atoms with Gasteiger partial charge in [-0.25, -0.2) is 0 Å². The number of amides is 3. The summed E-state index contributed by atoms with van der Waals surface area (Å²) in [5, 5.41) is 0.691. The molecule has 2 saturated carbocycles. The highest BCUT2D eigenvalue weighted by Crippen LogP contribution is 2.43. The lowest BCUT2D eigenvalue weighted by Gasteiger charge is -2.43. The summed E-state index contributed by atoms with van der Waals surface area (Å²) in [5.74, 6) is -0.0158. The predicted molar refractivity (Wildman–Crippen MR) is 182 cm³/mol.